The molecule has 2 saturated heterocycles. The average molecular weight is 333 g/mol. The summed E-state index contributed by atoms with van der Waals surface area (Å²) in [4.78, 5) is 15.1. The topological polar surface area (TPSA) is 70.0 Å². The van der Waals surface area contributed by atoms with Crippen LogP contribution in [-0.2, 0) is 9.53 Å². The van der Waals surface area contributed by atoms with Gasteiger partial charge in [-0.1, -0.05) is 12.1 Å². The second-order valence-corrected chi connectivity index (χ2v) is 7.29. The van der Waals surface area contributed by atoms with Crippen molar-refractivity contribution in [3.05, 3.63) is 29.8 Å². The maximum absolute atomic E-state index is 12.5. The lowest BCUT2D eigenvalue weighted by atomic mass is 9.97. The molecule has 0 aliphatic carbocycles. The van der Waals surface area contributed by atoms with Crippen LogP contribution in [0.25, 0.3) is 0 Å². The molecule has 2 aliphatic heterocycles. The summed E-state index contributed by atoms with van der Waals surface area (Å²) in [7, 11) is 0. The minimum Gasteiger partial charge on any atom is -0.508 e. The SMILES string of the molecule is CC(C)N1[C@@H]2CC[C@H]1CC(OC(=O)C(CO)c1cccc(O)c1)C2. The van der Waals surface area contributed by atoms with Gasteiger partial charge in [0, 0.05) is 31.0 Å². The lowest BCUT2D eigenvalue weighted by molar-refractivity contribution is -0.155. The van der Waals surface area contributed by atoms with Crippen LogP contribution in [-0.4, -0.2) is 51.9 Å². The molecule has 1 aromatic carbocycles. The molecule has 3 rings (SSSR count). The second-order valence-electron chi connectivity index (χ2n) is 7.29. The lowest BCUT2D eigenvalue weighted by Gasteiger charge is -2.41. The first-order valence-corrected chi connectivity index (χ1v) is 8.87. The molecule has 5 nitrogen and oxygen atoms in total. The quantitative estimate of drug-likeness (QED) is 0.810. The molecule has 2 fully saturated rings. The number of hydrogen-bond donors (Lipinski definition) is 2. The van der Waals surface area contributed by atoms with Crippen molar-refractivity contribution < 1.29 is 19.7 Å². The molecule has 0 amide bonds. The van der Waals surface area contributed by atoms with Gasteiger partial charge in [-0.3, -0.25) is 9.69 Å². The molecule has 2 unspecified atom stereocenters. The first-order chi connectivity index (χ1) is 11.5. The highest BCUT2D eigenvalue weighted by Gasteiger charge is 2.43. The summed E-state index contributed by atoms with van der Waals surface area (Å²) in [6.45, 7) is 4.13. The number of esters is 1. The number of aliphatic hydroxyl groups excluding tert-OH is 1. The Balaban J connectivity index is 1.65. The van der Waals surface area contributed by atoms with E-state index in [0.29, 0.717) is 23.7 Å². The van der Waals surface area contributed by atoms with E-state index in [1.54, 1.807) is 18.2 Å². The number of piperidine rings is 1. The van der Waals surface area contributed by atoms with Gasteiger partial charge >= 0.3 is 5.97 Å². The number of aliphatic hydroxyl groups is 1. The van der Waals surface area contributed by atoms with Gasteiger partial charge in [0.1, 0.15) is 17.8 Å². The number of benzene rings is 1. The predicted octanol–water partition coefficient (Wildman–Crippen LogP) is 2.42. The van der Waals surface area contributed by atoms with E-state index in [1.807, 2.05) is 0 Å². The number of nitrogens with zero attached hydrogens (tertiary/aromatic N) is 1. The maximum atomic E-state index is 12.5. The van der Waals surface area contributed by atoms with Crippen LogP contribution in [0.2, 0.25) is 0 Å². The highest BCUT2D eigenvalue weighted by molar-refractivity contribution is 5.78. The number of hydrogen-bond acceptors (Lipinski definition) is 5. The van der Waals surface area contributed by atoms with Crippen LogP contribution >= 0.6 is 0 Å². The van der Waals surface area contributed by atoms with Gasteiger partial charge in [-0.05, 0) is 44.4 Å². The van der Waals surface area contributed by atoms with Crippen molar-refractivity contribution in [3.63, 3.8) is 0 Å². The number of phenolic OH excluding ortho intramolecular Hbond substituents is 1. The molecule has 2 N–H and O–H groups in total. The number of carbonyl (C=O) groups excluding carboxylic acids is 1. The Morgan fingerprint density at radius 1 is 1.29 bits per heavy atom. The fourth-order valence-corrected chi connectivity index (χ4v) is 4.41. The van der Waals surface area contributed by atoms with Gasteiger partial charge in [-0.25, -0.2) is 0 Å². The van der Waals surface area contributed by atoms with Crippen LogP contribution in [0.4, 0.5) is 0 Å². The van der Waals surface area contributed by atoms with Gasteiger partial charge < -0.3 is 14.9 Å². The highest BCUT2D eigenvalue weighted by atomic mass is 16.5. The van der Waals surface area contributed by atoms with Crippen molar-refractivity contribution in [1.29, 1.82) is 0 Å². The molecule has 0 saturated carbocycles. The molecular weight excluding hydrogens is 306 g/mol. The molecule has 5 heteroatoms. The molecule has 2 bridgehead atoms. The molecule has 2 heterocycles. The maximum Gasteiger partial charge on any atom is 0.316 e. The van der Waals surface area contributed by atoms with E-state index in [-0.39, 0.29) is 18.5 Å². The summed E-state index contributed by atoms with van der Waals surface area (Å²) in [5, 5.41) is 19.2. The van der Waals surface area contributed by atoms with Crippen molar-refractivity contribution in [2.75, 3.05) is 6.61 Å². The van der Waals surface area contributed by atoms with E-state index < -0.39 is 11.9 Å². The monoisotopic (exact) mass is 333 g/mol. The first-order valence-electron chi connectivity index (χ1n) is 8.87. The predicted molar refractivity (Wildman–Crippen MR) is 90.8 cm³/mol. The molecule has 0 radical (unpaired) electrons. The summed E-state index contributed by atoms with van der Waals surface area (Å²) < 4.78 is 5.74. The van der Waals surface area contributed by atoms with Gasteiger partial charge in [0.25, 0.3) is 0 Å². The van der Waals surface area contributed by atoms with E-state index in [9.17, 15) is 15.0 Å². The number of rotatable bonds is 5. The van der Waals surface area contributed by atoms with E-state index in [2.05, 4.69) is 18.7 Å². The van der Waals surface area contributed by atoms with Crippen LogP contribution in [0.3, 0.4) is 0 Å². The van der Waals surface area contributed by atoms with E-state index in [4.69, 9.17) is 4.74 Å². The van der Waals surface area contributed by atoms with Crippen LogP contribution in [0.5, 0.6) is 5.75 Å². The lowest BCUT2D eigenvalue weighted by Crippen LogP contribution is -2.49. The molecule has 0 spiro atoms. The molecular formula is C19H27NO4. The molecule has 0 aromatic heterocycles. The molecule has 4 atom stereocenters. The van der Waals surface area contributed by atoms with Crippen LogP contribution in [0.15, 0.2) is 24.3 Å². The molecule has 132 valence electrons. The summed E-state index contributed by atoms with van der Waals surface area (Å²) in [5.74, 6) is -1.05. The van der Waals surface area contributed by atoms with Crippen LogP contribution < -0.4 is 0 Å². The van der Waals surface area contributed by atoms with Gasteiger partial charge in [-0.15, -0.1) is 0 Å². The van der Waals surface area contributed by atoms with Gasteiger partial charge in [-0.2, -0.15) is 0 Å². The van der Waals surface area contributed by atoms with Gasteiger partial charge in [0.05, 0.1) is 6.61 Å². The van der Waals surface area contributed by atoms with Crippen molar-refractivity contribution >= 4 is 5.97 Å². The number of fused-ring (bicyclic) bond motifs is 2. The summed E-state index contributed by atoms with van der Waals surface area (Å²) in [6.07, 6.45) is 4.02. The van der Waals surface area contributed by atoms with E-state index in [1.165, 1.54) is 18.9 Å². The third-order valence-electron chi connectivity index (χ3n) is 5.37. The Kier molecular flexibility index (Phi) is 5.11. The average Bonchev–Trinajstić information content (AvgIpc) is 2.80. The Bertz CT molecular complexity index is 574. The minimum absolute atomic E-state index is 0.0728. The van der Waals surface area contributed by atoms with Crippen molar-refractivity contribution in [3.8, 4) is 5.75 Å². The molecule has 24 heavy (non-hydrogen) atoms. The van der Waals surface area contributed by atoms with Gasteiger partial charge in [0.15, 0.2) is 0 Å². The molecule has 2 aliphatic rings. The number of aromatic hydroxyl groups is 1. The summed E-state index contributed by atoms with van der Waals surface area (Å²) in [6, 6.07) is 7.96. The summed E-state index contributed by atoms with van der Waals surface area (Å²) in [5.41, 5.74) is 0.588. The highest BCUT2D eigenvalue weighted by Crippen LogP contribution is 2.38. The zero-order chi connectivity index (χ0) is 17.3. The van der Waals surface area contributed by atoms with E-state index in [0.717, 1.165) is 12.8 Å². The number of carbonyl (C=O) groups is 1. The fourth-order valence-electron chi connectivity index (χ4n) is 4.41. The largest absolute Gasteiger partial charge is 0.508 e. The van der Waals surface area contributed by atoms with Gasteiger partial charge in [0.2, 0.25) is 0 Å². The standard InChI is InChI=1S/C19H27NO4/c1-12(2)20-14-6-7-15(20)10-17(9-14)24-19(23)18(11-21)13-4-3-5-16(22)8-13/h3-5,8,12,14-15,17-18,21-22H,6-7,9-11H2,1-2H3/t14-,15+,17?,18?. The van der Waals surface area contributed by atoms with Crippen molar-refractivity contribution in [2.45, 2.75) is 69.7 Å². The van der Waals surface area contributed by atoms with E-state index >= 15 is 0 Å². The third-order valence-corrected chi connectivity index (χ3v) is 5.37. The Morgan fingerprint density at radius 2 is 1.96 bits per heavy atom. The van der Waals surface area contributed by atoms with Crippen molar-refractivity contribution in [1.82, 2.24) is 4.90 Å². The number of phenols is 1. The summed E-state index contributed by atoms with van der Waals surface area (Å²) >= 11 is 0. The number of ether oxygens (including phenoxy) is 1. The normalized spacial score (nSPS) is 28.1. The zero-order valence-electron chi connectivity index (χ0n) is 14.4. The fraction of sp³-hybridized carbons (Fsp3) is 0.632. The first kappa shape index (κ1) is 17.2. The minimum atomic E-state index is -0.738. The van der Waals surface area contributed by atoms with Crippen LogP contribution in [0.1, 0.15) is 51.0 Å². The molecule has 1 aromatic rings. The zero-order valence-corrected chi connectivity index (χ0v) is 14.4. The second kappa shape index (κ2) is 7.11. The van der Waals surface area contributed by atoms with Crippen LogP contribution in [0, 0.1) is 0 Å². The smallest absolute Gasteiger partial charge is 0.316 e. The van der Waals surface area contributed by atoms with Crippen molar-refractivity contribution in [2.24, 2.45) is 0 Å². The Labute approximate surface area is 143 Å². The third kappa shape index (κ3) is 3.42. The Hall–Kier alpha value is -1.59. The Morgan fingerprint density at radius 3 is 2.50 bits per heavy atom.